The minimum atomic E-state index is -0.621. The predicted molar refractivity (Wildman–Crippen MR) is 248 cm³/mol. The highest BCUT2D eigenvalue weighted by molar-refractivity contribution is 7.99. The predicted octanol–water partition coefficient (Wildman–Crippen LogP) is 10.9. The zero-order valence-electron chi connectivity index (χ0n) is 34.8. The number of nitrogen functional groups attached to an aromatic ring is 1. The number of anilines is 2. The fraction of sp³-hybridized carbons (Fsp3) is 0.212. The van der Waals surface area contributed by atoms with E-state index in [2.05, 4.69) is 34.9 Å². The molecule has 2 heterocycles. The molecular weight excluding hydrogens is 809 g/mol. The van der Waals surface area contributed by atoms with Crippen molar-refractivity contribution in [2.24, 2.45) is 0 Å². The maximum Gasteiger partial charge on any atom is 0.256 e. The minimum absolute atomic E-state index is 0.0255. The number of benzene rings is 6. The number of rotatable bonds is 17. The van der Waals surface area contributed by atoms with E-state index in [9.17, 15) is 14.7 Å². The Balaban J connectivity index is 0.896. The highest BCUT2D eigenvalue weighted by Gasteiger charge is 2.33. The van der Waals surface area contributed by atoms with Gasteiger partial charge in [0, 0.05) is 48.3 Å². The quantitative estimate of drug-likeness (QED) is 0.0399. The third kappa shape index (κ3) is 11.5. The molecule has 0 spiro atoms. The van der Waals surface area contributed by atoms with Crippen molar-refractivity contribution >= 4 is 35.0 Å². The Hall–Kier alpha value is -6.50. The van der Waals surface area contributed by atoms with Crippen LogP contribution in [-0.4, -0.2) is 33.8 Å². The van der Waals surface area contributed by atoms with Crippen LogP contribution in [0.2, 0.25) is 0 Å². The summed E-state index contributed by atoms with van der Waals surface area (Å²) in [5.74, 6) is 1.15. The number of unbranched alkanes of at least 4 members (excludes halogenated alkanes) is 1. The van der Waals surface area contributed by atoms with Crippen molar-refractivity contribution in [1.82, 2.24) is 10.3 Å². The average Bonchev–Trinajstić information content (AvgIpc) is 3.77. The third-order valence-corrected chi connectivity index (χ3v) is 11.9. The summed E-state index contributed by atoms with van der Waals surface area (Å²) in [7, 11) is 0. The number of carbonyl (C=O) groups excluding carboxylic acids is 2. The largest absolute Gasteiger partial charge is 0.431 e. The van der Waals surface area contributed by atoms with Gasteiger partial charge in [-0.25, -0.2) is 4.98 Å². The van der Waals surface area contributed by atoms with Gasteiger partial charge in [0.1, 0.15) is 5.69 Å². The first-order chi connectivity index (χ1) is 30.9. The Morgan fingerprint density at radius 2 is 1.35 bits per heavy atom. The maximum atomic E-state index is 12.7. The van der Waals surface area contributed by atoms with Gasteiger partial charge in [0.2, 0.25) is 11.8 Å². The molecule has 0 aliphatic carbocycles. The molecule has 1 aliphatic heterocycles. The van der Waals surface area contributed by atoms with Gasteiger partial charge in [0.05, 0.1) is 30.2 Å². The molecule has 0 saturated carbocycles. The Bertz CT molecular complexity index is 2530. The van der Waals surface area contributed by atoms with Crippen LogP contribution in [-0.2, 0) is 32.2 Å². The summed E-state index contributed by atoms with van der Waals surface area (Å²) in [6, 6.07) is 51.5. The maximum absolute atomic E-state index is 12.7. The van der Waals surface area contributed by atoms with Gasteiger partial charge in [0.15, 0.2) is 12.1 Å². The summed E-state index contributed by atoms with van der Waals surface area (Å²) in [6.45, 7) is 0.374. The molecule has 11 heteroatoms. The average molecular weight is 859 g/mol. The number of aliphatic hydroxyl groups excluding tert-OH is 1. The van der Waals surface area contributed by atoms with Crippen molar-refractivity contribution < 1.29 is 28.6 Å². The van der Waals surface area contributed by atoms with Crippen LogP contribution in [0.5, 0.6) is 0 Å². The van der Waals surface area contributed by atoms with Crippen LogP contribution in [0.4, 0.5) is 11.4 Å². The van der Waals surface area contributed by atoms with Gasteiger partial charge in [-0.15, -0.1) is 0 Å². The highest BCUT2D eigenvalue weighted by Crippen LogP contribution is 2.41. The molecule has 320 valence electrons. The molecule has 1 saturated heterocycles. The van der Waals surface area contributed by atoms with E-state index in [0.717, 1.165) is 56.0 Å². The van der Waals surface area contributed by atoms with Crippen LogP contribution in [0.25, 0.3) is 33.7 Å². The molecule has 63 heavy (non-hydrogen) atoms. The Labute approximate surface area is 371 Å². The summed E-state index contributed by atoms with van der Waals surface area (Å²) >= 11 is 1.53. The number of thioether (sulfide) groups is 1. The summed E-state index contributed by atoms with van der Waals surface area (Å²) in [6.07, 6.45) is 1.44. The van der Waals surface area contributed by atoms with E-state index in [1.54, 1.807) is 12.1 Å². The van der Waals surface area contributed by atoms with Gasteiger partial charge in [-0.2, -0.15) is 0 Å². The van der Waals surface area contributed by atoms with Crippen LogP contribution in [0.3, 0.4) is 0 Å². The molecule has 0 radical (unpaired) electrons. The lowest BCUT2D eigenvalue weighted by Gasteiger charge is -2.36. The van der Waals surface area contributed by atoms with E-state index in [1.807, 2.05) is 121 Å². The van der Waals surface area contributed by atoms with Crippen molar-refractivity contribution in [1.29, 1.82) is 0 Å². The number of hydrogen-bond acceptors (Lipinski definition) is 9. The number of nitrogens with two attached hydrogens (primary N) is 1. The van der Waals surface area contributed by atoms with Gasteiger partial charge in [0.25, 0.3) is 5.22 Å². The van der Waals surface area contributed by atoms with Crippen LogP contribution < -0.4 is 16.4 Å². The lowest BCUT2D eigenvalue weighted by atomic mass is 9.99. The number of nitrogens with one attached hydrogen (secondary N) is 2. The number of aliphatic hydroxyl groups is 1. The van der Waals surface area contributed by atoms with Crippen LogP contribution in [0.15, 0.2) is 167 Å². The van der Waals surface area contributed by atoms with Crippen LogP contribution >= 0.6 is 11.8 Å². The Kier molecular flexibility index (Phi) is 14.4. The fourth-order valence-electron chi connectivity index (χ4n) is 7.50. The minimum Gasteiger partial charge on any atom is -0.431 e. The summed E-state index contributed by atoms with van der Waals surface area (Å²) in [5.41, 5.74) is 15.6. The van der Waals surface area contributed by atoms with E-state index >= 15 is 0 Å². The first kappa shape index (κ1) is 43.2. The second-order valence-electron chi connectivity index (χ2n) is 15.5. The van der Waals surface area contributed by atoms with Crippen molar-refractivity contribution in [3.05, 3.63) is 180 Å². The number of hydrogen-bond donors (Lipinski definition) is 4. The topological polar surface area (TPSA) is 149 Å². The molecule has 8 rings (SSSR count). The molecule has 0 unspecified atom stereocenters. The van der Waals surface area contributed by atoms with Crippen molar-refractivity contribution in [2.45, 2.75) is 69.0 Å². The molecule has 6 aromatic carbocycles. The molecule has 1 aromatic heterocycles. The monoisotopic (exact) mass is 858 g/mol. The van der Waals surface area contributed by atoms with Gasteiger partial charge >= 0.3 is 0 Å². The van der Waals surface area contributed by atoms with Gasteiger partial charge in [-0.05, 0) is 58.9 Å². The summed E-state index contributed by atoms with van der Waals surface area (Å²) in [5, 5.41) is 16.1. The zero-order chi connectivity index (χ0) is 43.4. The highest BCUT2D eigenvalue weighted by atomic mass is 32.2. The Morgan fingerprint density at radius 1 is 0.683 bits per heavy atom. The molecule has 3 atom stereocenters. The van der Waals surface area contributed by atoms with Crippen LogP contribution in [0, 0.1) is 0 Å². The van der Waals surface area contributed by atoms with Crippen molar-refractivity contribution in [3.8, 4) is 33.7 Å². The van der Waals surface area contributed by atoms with Gasteiger partial charge in [-0.3, -0.25) is 9.59 Å². The first-order valence-electron chi connectivity index (χ1n) is 21.2. The molecule has 1 aliphatic rings. The molecular formula is C52H50N4O6S. The number of carbonyl (C=O) groups is 2. The van der Waals surface area contributed by atoms with E-state index in [0.29, 0.717) is 61.0 Å². The zero-order valence-corrected chi connectivity index (χ0v) is 35.6. The van der Waals surface area contributed by atoms with Crippen molar-refractivity contribution in [3.63, 3.8) is 0 Å². The normalized spacial score (nSPS) is 16.0. The smallest absolute Gasteiger partial charge is 0.256 e. The second-order valence-corrected chi connectivity index (χ2v) is 16.5. The first-order valence-corrected chi connectivity index (χ1v) is 22.2. The number of nitrogens with zero attached hydrogens (tertiary/aromatic N) is 1. The Morgan fingerprint density at radius 3 is 2.08 bits per heavy atom. The third-order valence-electron chi connectivity index (χ3n) is 10.9. The SMILES string of the molecule is Nc1ccccc1NC(=O)CCCCC(=O)NCc1cccc(-c2ccc([C@@H]3O[C@H](CSc4nc(-c5ccccc5)c(-c5ccccc5)o4)C[C@H](c4ccc(CO)cc4)O3)cc2)c1. The number of para-hydroxylation sites is 2. The number of oxazole rings is 1. The number of amides is 2. The van der Waals surface area contributed by atoms with E-state index in [1.165, 1.54) is 11.8 Å². The molecule has 5 N–H and O–H groups in total. The molecule has 0 bridgehead atoms. The standard InChI is InChI=1S/C52H50N4O6S/c53-44-18-7-8-19-45(44)55-48(59)21-10-9-20-47(58)54-32-36-12-11-17-42(30-36)37-26-28-41(29-27-37)51-60-43(31-46(61-51)38-24-22-35(33-57)23-25-38)34-63-52-56-49(39-13-3-1-4-14-39)50(62-52)40-15-5-2-6-16-40/h1-8,11-19,22-30,43,46,51,57H,9-10,20-21,31-34,53H2,(H,54,58)(H,55,59)/t43-,46+,51+/m0/s1. The summed E-state index contributed by atoms with van der Waals surface area (Å²) < 4.78 is 19.8. The van der Waals surface area contributed by atoms with Gasteiger partial charge in [-0.1, -0.05) is 151 Å². The lowest BCUT2D eigenvalue weighted by molar-refractivity contribution is -0.245. The summed E-state index contributed by atoms with van der Waals surface area (Å²) in [4.78, 5) is 30.0. The van der Waals surface area contributed by atoms with E-state index < -0.39 is 6.29 Å². The van der Waals surface area contributed by atoms with Crippen LogP contribution in [0.1, 0.15) is 66.8 Å². The van der Waals surface area contributed by atoms with E-state index in [-0.39, 0.29) is 30.6 Å². The van der Waals surface area contributed by atoms with E-state index in [4.69, 9.17) is 24.6 Å². The number of aromatic nitrogens is 1. The fourth-order valence-corrected chi connectivity index (χ4v) is 8.34. The van der Waals surface area contributed by atoms with Crippen molar-refractivity contribution in [2.75, 3.05) is 16.8 Å². The molecule has 10 nitrogen and oxygen atoms in total. The lowest BCUT2D eigenvalue weighted by Crippen LogP contribution is -2.31. The number of ether oxygens (including phenoxy) is 2. The second kappa shape index (κ2) is 21.0. The van der Waals surface area contributed by atoms with Gasteiger partial charge < -0.3 is 35.4 Å². The molecule has 2 amide bonds. The molecule has 7 aromatic rings. The molecule has 1 fully saturated rings.